The van der Waals surface area contributed by atoms with Crippen molar-refractivity contribution in [3.05, 3.63) is 66.2 Å². The Morgan fingerprint density at radius 3 is 2.08 bits per heavy atom. The monoisotopic (exact) mass is 351 g/mol. The van der Waals surface area contributed by atoms with Gasteiger partial charge in [-0.15, -0.1) is 0 Å². The second kappa shape index (κ2) is 9.51. The first-order valence-corrected chi connectivity index (χ1v) is 8.65. The van der Waals surface area contributed by atoms with E-state index in [1.165, 1.54) is 5.56 Å². The normalized spacial score (nSPS) is 10.7. The highest BCUT2D eigenvalue weighted by molar-refractivity contribution is 5.86. The molecule has 0 heterocycles. The molecule has 0 N–H and O–H groups in total. The molecule has 0 radical (unpaired) electrons. The van der Waals surface area contributed by atoms with E-state index in [1.54, 1.807) is 6.92 Å². The molecular weight excluding hydrogens is 326 g/mol. The van der Waals surface area contributed by atoms with Crippen LogP contribution in [0.3, 0.4) is 0 Å². The number of rotatable bonds is 8. The topological polar surface area (TPSA) is 54.3 Å². The zero-order valence-electron chi connectivity index (χ0n) is 15.6. The van der Waals surface area contributed by atoms with E-state index in [9.17, 15) is 4.79 Å². The van der Waals surface area contributed by atoms with Crippen LogP contribution in [0.5, 0.6) is 0 Å². The van der Waals surface area contributed by atoms with Crippen molar-refractivity contribution in [2.45, 2.75) is 20.8 Å². The molecule has 5 nitrogen and oxygen atoms in total. The molecule has 0 aromatic heterocycles. The van der Waals surface area contributed by atoms with Crippen molar-refractivity contribution >= 4 is 23.0 Å². The van der Waals surface area contributed by atoms with Crippen molar-refractivity contribution in [1.82, 2.24) is 0 Å². The van der Waals surface area contributed by atoms with E-state index in [0.29, 0.717) is 18.7 Å². The van der Waals surface area contributed by atoms with Gasteiger partial charge in [-0.3, -0.25) is 0 Å². The number of azo groups is 1. The third-order valence-corrected chi connectivity index (χ3v) is 3.85. The number of nitrogens with zero attached hydrogens (tertiary/aromatic N) is 3. The number of esters is 1. The summed E-state index contributed by atoms with van der Waals surface area (Å²) in [5.41, 5.74) is 4.28. The van der Waals surface area contributed by atoms with E-state index < -0.39 is 0 Å². The van der Waals surface area contributed by atoms with Gasteiger partial charge in [-0.1, -0.05) is 24.3 Å². The molecule has 0 saturated carbocycles. The average Bonchev–Trinajstić information content (AvgIpc) is 2.65. The number of carbonyl (C=O) groups excluding carboxylic acids is 1. The second-order valence-electron chi connectivity index (χ2n) is 6.05. The number of aryl methyl sites for hydroxylation is 1. The Balaban J connectivity index is 1.94. The summed E-state index contributed by atoms with van der Waals surface area (Å²) in [5.74, 6) is -0.354. The predicted octanol–water partition coefficient (Wildman–Crippen LogP) is 5.36. The summed E-state index contributed by atoms with van der Waals surface area (Å²) in [4.78, 5) is 13.6. The van der Waals surface area contributed by atoms with Crippen LogP contribution in [-0.4, -0.2) is 25.7 Å². The van der Waals surface area contributed by atoms with Crippen LogP contribution in [0, 0.1) is 6.92 Å². The molecule has 2 aromatic rings. The maximum Gasteiger partial charge on any atom is 0.333 e. The minimum atomic E-state index is -0.354. The Hall–Kier alpha value is -2.95. The largest absolute Gasteiger partial charge is 0.460 e. The molecule has 0 aliphatic rings. The van der Waals surface area contributed by atoms with Crippen LogP contribution in [0.4, 0.5) is 17.1 Å². The van der Waals surface area contributed by atoms with Crippen molar-refractivity contribution in [1.29, 1.82) is 0 Å². The van der Waals surface area contributed by atoms with Crippen LogP contribution < -0.4 is 4.90 Å². The number of likely N-dealkylation sites (N-methyl/N-ethyl adjacent to an activating group) is 1. The van der Waals surface area contributed by atoms with Crippen LogP contribution >= 0.6 is 0 Å². The highest BCUT2D eigenvalue weighted by Crippen LogP contribution is 2.22. The quantitative estimate of drug-likeness (QED) is 0.366. The van der Waals surface area contributed by atoms with Gasteiger partial charge in [0.15, 0.2) is 0 Å². The molecule has 0 amide bonds. The van der Waals surface area contributed by atoms with Crippen molar-refractivity contribution in [3.63, 3.8) is 0 Å². The molecule has 0 atom stereocenters. The lowest BCUT2D eigenvalue weighted by Gasteiger charge is -2.22. The maximum absolute atomic E-state index is 11.4. The van der Waals surface area contributed by atoms with Crippen LogP contribution in [0.25, 0.3) is 0 Å². The van der Waals surface area contributed by atoms with Gasteiger partial charge < -0.3 is 9.64 Å². The van der Waals surface area contributed by atoms with Crippen molar-refractivity contribution in [2.24, 2.45) is 10.2 Å². The van der Waals surface area contributed by atoms with Crippen LogP contribution in [0.2, 0.25) is 0 Å². The zero-order chi connectivity index (χ0) is 18.9. The molecule has 136 valence electrons. The van der Waals surface area contributed by atoms with Gasteiger partial charge in [-0.05, 0) is 57.2 Å². The van der Waals surface area contributed by atoms with Gasteiger partial charge >= 0.3 is 5.97 Å². The van der Waals surface area contributed by atoms with Gasteiger partial charge in [0.05, 0.1) is 17.9 Å². The van der Waals surface area contributed by atoms with Gasteiger partial charge in [0, 0.05) is 17.8 Å². The number of carbonyl (C=O) groups is 1. The first kappa shape index (κ1) is 19.4. The molecule has 0 aliphatic carbocycles. The van der Waals surface area contributed by atoms with E-state index >= 15 is 0 Å². The molecule has 5 heteroatoms. The van der Waals surface area contributed by atoms with Crippen LogP contribution in [0.1, 0.15) is 19.4 Å². The van der Waals surface area contributed by atoms with E-state index in [0.717, 1.165) is 23.6 Å². The summed E-state index contributed by atoms with van der Waals surface area (Å²) in [7, 11) is 0. The predicted molar refractivity (Wildman–Crippen MR) is 105 cm³/mol. The molecule has 0 fully saturated rings. The minimum Gasteiger partial charge on any atom is -0.460 e. The molecular formula is C21H25N3O2. The summed E-state index contributed by atoms with van der Waals surface area (Å²) < 4.78 is 5.16. The van der Waals surface area contributed by atoms with E-state index in [4.69, 9.17) is 4.74 Å². The lowest BCUT2D eigenvalue weighted by atomic mass is 10.2. The fourth-order valence-corrected chi connectivity index (χ4v) is 2.30. The van der Waals surface area contributed by atoms with Crippen molar-refractivity contribution in [3.8, 4) is 0 Å². The first-order chi connectivity index (χ1) is 12.5. The van der Waals surface area contributed by atoms with Crippen molar-refractivity contribution in [2.75, 3.05) is 24.6 Å². The third kappa shape index (κ3) is 5.84. The van der Waals surface area contributed by atoms with Gasteiger partial charge in [0.2, 0.25) is 0 Å². The number of hydrogen-bond acceptors (Lipinski definition) is 5. The molecule has 0 spiro atoms. The standard InChI is InChI=1S/C21H25N3O2/c1-5-24(14-15-26-21(25)16(2)3)20-12-10-19(11-13-20)23-22-18-8-6-17(4)7-9-18/h6-13H,2,5,14-15H2,1,3-4H3. The van der Waals surface area contributed by atoms with Gasteiger partial charge in [-0.25, -0.2) is 4.79 Å². The van der Waals surface area contributed by atoms with E-state index in [-0.39, 0.29) is 5.97 Å². The average molecular weight is 351 g/mol. The molecule has 0 unspecified atom stereocenters. The van der Waals surface area contributed by atoms with Crippen molar-refractivity contribution < 1.29 is 9.53 Å². The Morgan fingerprint density at radius 2 is 1.58 bits per heavy atom. The smallest absolute Gasteiger partial charge is 0.333 e. The molecule has 2 aromatic carbocycles. The van der Waals surface area contributed by atoms with Gasteiger partial charge in [0.25, 0.3) is 0 Å². The fraction of sp³-hybridized carbons (Fsp3) is 0.286. The minimum absolute atomic E-state index is 0.328. The zero-order valence-corrected chi connectivity index (χ0v) is 15.6. The van der Waals surface area contributed by atoms with Crippen LogP contribution in [0.15, 0.2) is 70.9 Å². The van der Waals surface area contributed by atoms with E-state index in [1.807, 2.05) is 55.5 Å². The highest BCUT2D eigenvalue weighted by Gasteiger charge is 2.07. The summed E-state index contributed by atoms with van der Waals surface area (Å²) in [6.07, 6.45) is 0. The molecule has 2 rings (SSSR count). The third-order valence-electron chi connectivity index (χ3n) is 3.85. The summed E-state index contributed by atoms with van der Waals surface area (Å²) >= 11 is 0. The number of benzene rings is 2. The Morgan fingerprint density at radius 1 is 1.04 bits per heavy atom. The van der Waals surface area contributed by atoms with E-state index in [2.05, 4.69) is 28.6 Å². The Bertz CT molecular complexity index is 765. The fourth-order valence-electron chi connectivity index (χ4n) is 2.30. The van der Waals surface area contributed by atoms with Gasteiger partial charge in [-0.2, -0.15) is 10.2 Å². The maximum atomic E-state index is 11.4. The number of ether oxygens (including phenoxy) is 1. The SMILES string of the molecule is C=C(C)C(=O)OCCN(CC)c1ccc(N=Nc2ccc(C)cc2)cc1. The Labute approximate surface area is 155 Å². The number of anilines is 1. The Kier molecular flexibility index (Phi) is 7.09. The van der Waals surface area contributed by atoms with Gasteiger partial charge in [0.1, 0.15) is 6.61 Å². The highest BCUT2D eigenvalue weighted by atomic mass is 16.5. The molecule has 0 bridgehead atoms. The lowest BCUT2D eigenvalue weighted by molar-refractivity contribution is -0.138. The van der Waals surface area contributed by atoms with Crippen LogP contribution in [-0.2, 0) is 9.53 Å². The molecule has 26 heavy (non-hydrogen) atoms. The number of hydrogen-bond donors (Lipinski definition) is 0. The molecule has 0 aliphatic heterocycles. The summed E-state index contributed by atoms with van der Waals surface area (Å²) in [5, 5.41) is 8.51. The lowest BCUT2D eigenvalue weighted by Crippen LogP contribution is -2.28. The summed E-state index contributed by atoms with van der Waals surface area (Å²) in [6, 6.07) is 15.7. The summed E-state index contributed by atoms with van der Waals surface area (Å²) in [6.45, 7) is 11.1. The molecule has 0 saturated heterocycles. The first-order valence-electron chi connectivity index (χ1n) is 8.65. The second-order valence-corrected chi connectivity index (χ2v) is 6.05.